The van der Waals surface area contributed by atoms with Gasteiger partial charge in [-0.1, -0.05) is 0 Å². The fourth-order valence-corrected chi connectivity index (χ4v) is 1.52. The lowest BCUT2D eigenvalue weighted by molar-refractivity contribution is 0.388. The van der Waals surface area contributed by atoms with Crippen LogP contribution in [0.15, 0.2) is 0 Å². The lowest BCUT2D eigenvalue weighted by Gasteiger charge is -2.27. The summed E-state index contributed by atoms with van der Waals surface area (Å²) >= 11 is 0. The topological polar surface area (TPSA) is 29.5 Å². The van der Waals surface area contributed by atoms with E-state index in [2.05, 4.69) is 0 Å². The van der Waals surface area contributed by atoms with Crippen LogP contribution < -0.4 is 4.74 Å². The standard InChI is InChI=1S/C9H10O2/c1-4-7(10)5(2)9-6(3)8(4)11-9/h10H,1-3H3. The summed E-state index contributed by atoms with van der Waals surface area (Å²) < 4.78 is 5.32. The van der Waals surface area contributed by atoms with Crippen LogP contribution in [-0.2, 0) is 0 Å². The maximum atomic E-state index is 9.47. The minimum absolute atomic E-state index is 0.381. The molecular formula is C9H10O2. The van der Waals surface area contributed by atoms with E-state index in [1.807, 2.05) is 20.8 Å². The third-order valence-electron chi connectivity index (χ3n) is 2.28. The number of phenolic OH excluding ortho intramolecular Hbond substituents is 1. The van der Waals surface area contributed by atoms with Crippen molar-refractivity contribution in [3.8, 4) is 17.2 Å². The van der Waals surface area contributed by atoms with Gasteiger partial charge < -0.3 is 9.84 Å². The summed E-state index contributed by atoms with van der Waals surface area (Å²) in [5.74, 6) is 2.08. The van der Waals surface area contributed by atoms with E-state index in [0.717, 1.165) is 28.2 Å². The van der Waals surface area contributed by atoms with Crippen molar-refractivity contribution in [1.82, 2.24) is 0 Å². The van der Waals surface area contributed by atoms with Gasteiger partial charge in [-0.25, -0.2) is 0 Å². The summed E-state index contributed by atoms with van der Waals surface area (Å²) in [6.07, 6.45) is 0. The van der Waals surface area contributed by atoms with Crippen molar-refractivity contribution < 1.29 is 9.84 Å². The number of aromatic hydroxyl groups is 1. The Morgan fingerprint density at radius 2 is 1.36 bits per heavy atom. The van der Waals surface area contributed by atoms with Crippen molar-refractivity contribution in [1.29, 1.82) is 0 Å². The minimum Gasteiger partial charge on any atom is -0.507 e. The molecule has 2 heteroatoms. The van der Waals surface area contributed by atoms with Gasteiger partial charge >= 0.3 is 0 Å². The Labute approximate surface area is 65.4 Å². The zero-order chi connectivity index (χ0) is 8.17. The zero-order valence-electron chi connectivity index (χ0n) is 6.86. The molecule has 1 aromatic carbocycles. The lowest BCUT2D eigenvalue weighted by atomic mass is 9.99. The Morgan fingerprint density at radius 3 is 1.73 bits per heavy atom. The first-order valence-electron chi connectivity index (χ1n) is 3.63. The second-order valence-electron chi connectivity index (χ2n) is 2.98. The molecule has 0 saturated carbocycles. The van der Waals surface area contributed by atoms with Crippen molar-refractivity contribution in [2.75, 3.05) is 0 Å². The summed E-state index contributed by atoms with van der Waals surface area (Å²) in [5, 5.41) is 9.47. The van der Waals surface area contributed by atoms with Gasteiger partial charge in [0.05, 0.1) is 0 Å². The average molecular weight is 150 g/mol. The van der Waals surface area contributed by atoms with Crippen LogP contribution in [0.2, 0.25) is 0 Å². The number of phenols is 1. The summed E-state index contributed by atoms with van der Waals surface area (Å²) in [6.45, 7) is 5.74. The molecule has 2 aliphatic heterocycles. The van der Waals surface area contributed by atoms with Gasteiger partial charge in [0, 0.05) is 16.7 Å². The molecule has 0 radical (unpaired) electrons. The van der Waals surface area contributed by atoms with Gasteiger partial charge in [-0.15, -0.1) is 0 Å². The van der Waals surface area contributed by atoms with Gasteiger partial charge in [-0.3, -0.25) is 0 Å². The van der Waals surface area contributed by atoms with Crippen LogP contribution >= 0.6 is 0 Å². The van der Waals surface area contributed by atoms with Crippen molar-refractivity contribution in [3.63, 3.8) is 0 Å². The summed E-state index contributed by atoms with van der Waals surface area (Å²) in [7, 11) is 0. The smallest absolute Gasteiger partial charge is 0.140 e. The predicted molar refractivity (Wildman–Crippen MR) is 42.4 cm³/mol. The lowest BCUT2D eigenvalue weighted by Crippen LogP contribution is -2.06. The monoisotopic (exact) mass is 150 g/mol. The Bertz CT molecular complexity index is 303. The Kier molecular flexibility index (Phi) is 1.01. The molecule has 1 aromatic rings. The van der Waals surface area contributed by atoms with E-state index in [4.69, 9.17) is 4.74 Å². The van der Waals surface area contributed by atoms with Crippen LogP contribution in [0.3, 0.4) is 0 Å². The molecule has 0 saturated heterocycles. The highest BCUT2D eigenvalue weighted by molar-refractivity contribution is 5.68. The first-order chi connectivity index (χ1) is 5.13. The molecule has 0 fully saturated rings. The van der Waals surface area contributed by atoms with Crippen LogP contribution in [0, 0.1) is 20.8 Å². The quantitative estimate of drug-likeness (QED) is 0.625. The molecule has 1 N–H and O–H groups in total. The largest absolute Gasteiger partial charge is 0.507 e. The summed E-state index contributed by atoms with van der Waals surface area (Å²) in [5.41, 5.74) is 2.88. The van der Waals surface area contributed by atoms with E-state index in [1.165, 1.54) is 0 Å². The minimum atomic E-state index is 0.381. The van der Waals surface area contributed by atoms with Crippen LogP contribution in [0.25, 0.3) is 0 Å². The summed E-state index contributed by atoms with van der Waals surface area (Å²) in [4.78, 5) is 0. The summed E-state index contributed by atoms with van der Waals surface area (Å²) in [6, 6.07) is 0. The first-order valence-corrected chi connectivity index (χ1v) is 3.63. The predicted octanol–water partition coefficient (Wildman–Crippen LogP) is 2.42. The molecule has 2 aliphatic rings. The van der Waals surface area contributed by atoms with Crippen molar-refractivity contribution in [3.05, 3.63) is 16.7 Å². The van der Waals surface area contributed by atoms with Gasteiger partial charge in [0.2, 0.25) is 0 Å². The van der Waals surface area contributed by atoms with Gasteiger partial charge in [-0.2, -0.15) is 0 Å². The molecule has 3 rings (SSSR count). The van der Waals surface area contributed by atoms with Crippen LogP contribution in [0.1, 0.15) is 16.7 Å². The third kappa shape index (κ3) is 0.570. The number of rotatable bonds is 0. The number of hydrogen-bond acceptors (Lipinski definition) is 2. The molecule has 0 spiro atoms. The van der Waals surface area contributed by atoms with Crippen LogP contribution in [0.4, 0.5) is 0 Å². The zero-order valence-corrected chi connectivity index (χ0v) is 6.86. The van der Waals surface area contributed by atoms with E-state index in [9.17, 15) is 5.11 Å². The molecular weight excluding hydrogens is 140 g/mol. The highest BCUT2D eigenvalue weighted by Gasteiger charge is 2.27. The number of hydrogen-bond donors (Lipinski definition) is 1. The van der Waals surface area contributed by atoms with E-state index in [1.54, 1.807) is 0 Å². The molecule has 0 unspecified atom stereocenters. The van der Waals surface area contributed by atoms with Gasteiger partial charge in [-0.05, 0) is 20.8 Å². The Balaban J connectivity index is 2.81. The van der Waals surface area contributed by atoms with Gasteiger partial charge in [0.1, 0.15) is 17.2 Å². The normalized spacial score (nSPS) is 12.3. The highest BCUT2D eigenvalue weighted by atomic mass is 16.5. The van der Waals surface area contributed by atoms with Crippen LogP contribution in [0.5, 0.6) is 17.2 Å². The van der Waals surface area contributed by atoms with Gasteiger partial charge in [0.15, 0.2) is 0 Å². The van der Waals surface area contributed by atoms with E-state index in [0.29, 0.717) is 5.75 Å². The molecule has 0 aliphatic carbocycles. The fraction of sp³-hybridized carbons (Fsp3) is 0.333. The van der Waals surface area contributed by atoms with E-state index >= 15 is 0 Å². The maximum absolute atomic E-state index is 9.47. The number of aryl methyl sites for hydroxylation is 1. The first kappa shape index (κ1) is 6.53. The van der Waals surface area contributed by atoms with Crippen molar-refractivity contribution in [2.24, 2.45) is 0 Å². The Hall–Kier alpha value is -1.18. The molecule has 0 amide bonds. The molecule has 0 atom stereocenters. The number of benzene rings is 1. The van der Waals surface area contributed by atoms with E-state index in [-0.39, 0.29) is 0 Å². The highest BCUT2D eigenvalue weighted by Crippen LogP contribution is 2.51. The van der Waals surface area contributed by atoms with Crippen molar-refractivity contribution in [2.45, 2.75) is 20.8 Å². The molecule has 2 heterocycles. The number of ether oxygens (including phenoxy) is 1. The van der Waals surface area contributed by atoms with E-state index < -0.39 is 0 Å². The third-order valence-corrected chi connectivity index (χ3v) is 2.28. The Morgan fingerprint density at radius 1 is 0.909 bits per heavy atom. The molecule has 11 heavy (non-hydrogen) atoms. The average Bonchev–Trinajstić information content (AvgIpc) is 1.97. The molecule has 2 nitrogen and oxygen atoms in total. The fourth-order valence-electron chi connectivity index (χ4n) is 1.52. The van der Waals surface area contributed by atoms with Gasteiger partial charge in [0.25, 0.3) is 0 Å². The van der Waals surface area contributed by atoms with Crippen LogP contribution in [-0.4, -0.2) is 5.11 Å². The van der Waals surface area contributed by atoms with Crippen molar-refractivity contribution >= 4 is 0 Å². The molecule has 2 bridgehead atoms. The SMILES string of the molecule is Cc1c(O)c(C)c2c(C)c1O2. The number of fused-ring (bicyclic) bond motifs is 2. The second-order valence-corrected chi connectivity index (χ2v) is 2.98. The second kappa shape index (κ2) is 1.70. The molecule has 0 aromatic heterocycles. The maximum Gasteiger partial charge on any atom is 0.140 e. The molecule has 58 valence electrons.